The molecular weight excluding hydrogens is 359 g/mol. The Labute approximate surface area is 156 Å². The zero-order valence-corrected chi connectivity index (χ0v) is 15.0. The second-order valence-corrected chi connectivity index (χ2v) is 6.07. The number of halogens is 3. The van der Waals surface area contributed by atoms with Crippen LogP contribution >= 0.6 is 0 Å². The number of hydrogen-bond donors (Lipinski definition) is 1. The number of aldehydes is 1. The van der Waals surface area contributed by atoms with E-state index in [2.05, 4.69) is 10.1 Å². The van der Waals surface area contributed by atoms with Gasteiger partial charge in [-0.15, -0.1) is 13.2 Å². The average molecular weight is 381 g/mol. The first-order valence-electron chi connectivity index (χ1n) is 8.56. The highest BCUT2D eigenvalue weighted by atomic mass is 19.4. The summed E-state index contributed by atoms with van der Waals surface area (Å²) in [6, 6.07) is 13.4. The largest absolute Gasteiger partial charge is 0.573 e. The maximum Gasteiger partial charge on any atom is 0.573 e. The normalized spacial score (nSPS) is 12.4. The van der Waals surface area contributed by atoms with Crippen LogP contribution in [0.15, 0.2) is 48.5 Å². The van der Waals surface area contributed by atoms with Crippen molar-refractivity contribution in [3.63, 3.8) is 0 Å². The van der Waals surface area contributed by atoms with E-state index < -0.39 is 6.36 Å². The summed E-state index contributed by atoms with van der Waals surface area (Å²) in [5.74, 6) is 0.188. The Morgan fingerprint density at radius 3 is 2.59 bits per heavy atom. The molecule has 27 heavy (non-hydrogen) atoms. The lowest BCUT2D eigenvalue weighted by Crippen LogP contribution is -2.25. The number of hydrogen-bond acceptors (Lipinski definition) is 4. The molecule has 0 fully saturated rings. The van der Waals surface area contributed by atoms with Crippen LogP contribution in [0.5, 0.6) is 11.5 Å². The molecule has 0 saturated heterocycles. The molecule has 0 aliphatic rings. The van der Waals surface area contributed by atoms with Gasteiger partial charge in [0.1, 0.15) is 17.8 Å². The molecule has 2 aromatic rings. The summed E-state index contributed by atoms with van der Waals surface area (Å²) in [4.78, 5) is 11.0. The number of ether oxygens (including phenoxy) is 2. The minimum atomic E-state index is -4.71. The molecule has 0 saturated carbocycles. The first-order valence-corrected chi connectivity index (χ1v) is 8.56. The van der Waals surface area contributed by atoms with Crippen molar-refractivity contribution in [2.24, 2.45) is 5.92 Å². The third kappa shape index (κ3) is 7.30. The van der Waals surface area contributed by atoms with Crippen molar-refractivity contribution < 1.29 is 27.4 Å². The van der Waals surface area contributed by atoms with E-state index in [0.717, 1.165) is 17.4 Å². The second-order valence-electron chi connectivity index (χ2n) is 6.07. The van der Waals surface area contributed by atoms with Gasteiger partial charge in [0, 0.05) is 6.54 Å². The van der Waals surface area contributed by atoms with Gasteiger partial charge in [0.05, 0.1) is 12.5 Å². The molecule has 0 radical (unpaired) electrons. The van der Waals surface area contributed by atoms with Gasteiger partial charge in [-0.25, -0.2) is 0 Å². The summed E-state index contributed by atoms with van der Waals surface area (Å²) in [5.41, 5.74) is 1.65. The van der Waals surface area contributed by atoms with Gasteiger partial charge in [-0.05, 0) is 49.2 Å². The van der Waals surface area contributed by atoms with E-state index in [9.17, 15) is 18.0 Å². The van der Waals surface area contributed by atoms with Gasteiger partial charge in [0.2, 0.25) is 0 Å². The van der Waals surface area contributed by atoms with Crippen LogP contribution in [0, 0.1) is 5.92 Å². The molecule has 1 unspecified atom stereocenters. The topological polar surface area (TPSA) is 47.6 Å². The SMILES string of the molecule is CNCC(C=O)COc1ccccc1CCc1cccc(OC(F)(F)F)c1. The predicted octanol–water partition coefficient (Wildman–Crippen LogP) is 3.78. The van der Waals surface area contributed by atoms with Crippen LogP contribution in [0.4, 0.5) is 13.2 Å². The first-order chi connectivity index (χ1) is 12.9. The molecule has 0 spiro atoms. The fourth-order valence-corrected chi connectivity index (χ4v) is 2.63. The lowest BCUT2D eigenvalue weighted by molar-refractivity contribution is -0.274. The quantitative estimate of drug-likeness (QED) is 0.637. The maximum atomic E-state index is 12.3. The van der Waals surface area contributed by atoms with Crippen LogP contribution in [0.2, 0.25) is 0 Å². The third-order valence-electron chi connectivity index (χ3n) is 3.90. The summed E-state index contributed by atoms with van der Waals surface area (Å²) in [6.45, 7) is 0.786. The van der Waals surface area contributed by atoms with Crippen LogP contribution < -0.4 is 14.8 Å². The van der Waals surface area contributed by atoms with E-state index in [4.69, 9.17) is 4.74 Å². The molecule has 2 rings (SSSR count). The molecule has 2 aromatic carbocycles. The van der Waals surface area contributed by atoms with Gasteiger partial charge in [-0.2, -0.15) is 0 Å². The molecule has 7 heteroatoms. The van der Waals surface area contributed by atoms with Crippen molar-refractivity contribution in [3.8, 4) is 11.5 Å². The van der Waals surface area contributed by atoms with Crippen LogP contribution in [0.1, 0.15) is 11.1 Å². The zero-order valence-electron chi connectivity index (χ0n) is 15.0. The van der Waals surface area contributed by atoms with Crippen molar-refractivity contribution in [3.05, 3.63) is 59.7 Å². The summed E-state index contributed by atoms with van der Waals surface area (Å²) < 4.78 is 46.8. The summed E-state index contributed by atoms with van der Waals surface area (Å²) >= 11 is 0. The van der Waals surface area contributed by atoms with Gasteiger partial charge in [0.15, 0.2) is 0 Å². The van der Waals surface area contributed by atoms with Crippen LogP contribution in [0.25, 0.3) is 0 Å². The molecule has 0 amide bonds. The van der Waals surface area contributed by atoms with Crippen molar-refractivity contribution in [1.82, 2.24) is 5.32 Å². The zero-order chi connectivity index (χ0) is 19.7. The summed E-state index contributed by atoms with van der Waals surface area (Å²) in [5, 5.41) is 2.93. The van der Waals surface area contributed by atoms with Crippen molar-refractivity contribution in [1.29, 1.82) is 0 Å². The van der Waals surface area contributed by atoms with Crippen molar-refractivity contribution >= 4 is 6.29 Å². The number of nitrogens with one attached hydrogen (secondary N) is 1. The standard InChI is InChI=1S/C20H22F3NO3/c1-24-12-16(13-25)14-26-19-8-3-2-6-17(19)10-9-15-5-4-7-18(11-15)27-20(21,22)23/h2-8,11,13,16,24H,9-10,12,14H2,1H3. The fraction of sp³-hybridized carbons (Fsp3) is 0.350. The minimum absolute atomic E-state index is 0.231. The first kappa shape index (κ1) is 20.8. The van der Waals surface area contributed by atoms with Crippen LogP contribution in [-0.4, -0.2) is 32.8 Å². The lowest BCUT2D eigenvalue weighted by atomic mass is 10.0. The lowest BCUT2D eigenvalue weighted by Gasteiger charge is -2.15. The van der Waals surface area contributed by atoms with E-state index in [1.165, 1.54) is 18.2 Å². The van der Waals surface area contributed by atoms with Gasteiger partial charge < -0.3 is 19.6 Å². The molecule has 0 aliphatic heterocycles. The summed E-state index contributed by atoms with van der Waals surface area (Å²) in [7, 11) is 1.76. The number of alkyl halides is 3. The van der Waals surface area contributed by atoms with Crippen LogP contribution in [-0.2, 0) is 17.6 Å². The molecule has 0 aromatic heterocycles. The highest BCUT2D eigenvalue weighted by Gasteiger charge is 2.31. The molecule has 1 atom stereocenters. The maximum absolute atomic E-state index is 12.3. The Bertz CT molecular complexity index is 734. The number of benzene rings is 2. The molecule has 0 bridgehead atoms. The Morgan fingerprint density at radius 1 is 1.11 bits per heavy atom. The monoisotopic (exact) mass is 381 g/mol. The van der Waals surface area contributed by atoms with E-state index >= 15 is 0 Å². The molecular formula is C20H22F3NO3. The molecule has 0 heterocycles. The van der Waals surface area contributed by atoms with Gasteiger partial charge >= 0.3 is 6.36 Å². The number of carbonyl (C=O) groups is 1. The molecule has 1 N–H and O–H groups in total. The average Bonchev–Trinajstić information content (AvgIpc) is 2.63. The van der Waals surface area contributed by atoms with E-state index in [1.807, 2.05) is 24.3 Å². The molecule has 146 valence electrons. The van der Waals surface area contributed by atoms with Gasteiger partial charge in [-0.1, -0.05) is 30.3 Å². The fourth-order valence-electron chi connectivity index (χ4n) is 2.63. The van der Waals surface area contributed by atoms with Crippen molar-refractivity contribution in [2.45, 2.75) is 19.2 Å². The number of carbonyl (C=O) groups excluding carboxylic acids is 1. The predicted molar refractivity (Wildman–Crippen MR) is 96.0 cm³/mol. The second kappa shape index (κ2) is 9.97. The number of para-hydroxylation sites is 1. The molecule has 4 nitrogen and oxygen atoms in total. The minimum Gasteiger partial charge on any atom is -0.493 e. The highest BCUT2D eigenvalue weighted by molar-refractivity contribution is 5.54. The van der Waals surface area contributed by atoms with Crippen LogP contribution in [0.3, 0.4) is 0 Å². The van der Waals surface area contributed by atoms with Gasteiger partial charge in [0.25, 0.3) is 0 Å². The van der Waals surface area contributed by atoms with E-state index in [0.29, 0.717) is 25.1 Å². The Morgan fingerprint density at radius 2 is 1.89 bits per heavy atom. The van der Waals surface area contributed by atoms with Gasteiger partial charge in [-0.3, -0.25) is 0 Å². The smallest absolute Gasteiger partial charge is 0.493 e. The number of aryl methyl sites for hydroxylation is 2. The van der Waals surface area contributed by atoms with E-state index in [-0.39, 0.29) is 18.3 Å². The Kier molecular flexibility index (Phi) is 7.67. The third-order valence-corrected chi connectivity index (χ3v) is 3.90. The van der Waals surface area contributed by atoms with Crippen molar-refractivity contribution in [2.75, 3.05) is 20.2 Å². The highest BCUT2D eigenvalue weighted by Crippen LogP contribution is 2.25. The molecule has 0 aliphatic carbocycles. The Hall–Kier alpha value is -2.54. The summed E-state index contributed by atoms with van der Waals surface area (Å²) in [6.07, 6.45) is -2.74. The van der Waals surface area contributed by atoms with E-state index in [1.54, 1.807) is 13.1 Å². The Balaban J connectivity index is 2.00. The number of rotatable bonds is 10.